The molecule has 2 amide bonds. The largest absolute Gasteiger partial charge is 0.459 e. The number of anilines is 2. The molecular formula is C22H26FN3O6S. The van der Waals surface area contributed by atoms with E-state index < -0.39 is 34.5 Å². The number of cyclic esters (lactones) is 1. The predicted molar refractivity (Wildman–Crippen MR) is 122 cm³/mol. The number of rotatable bonds is 5. The Bertz CT molecular complexity index is 1040. The zero-order valence-electron chi connectivity index (χ0n) is 17.9. The summed E-state index contributed by atoms with van der Waals surface area (Å²) in [4.78, 5) is 27.6. The van der Waals surface area contributed by atoms with E-state index in [0.29, 0.717) is 36.0 Å². The molecule has 1 unspecified atom stereocenters. The number of nitrogens with one attached hydrogen (secondary N) is 1. The van der Waals surface area contributed by atoms with Gasteiger partial charge < -0.3 is 19.4 Å². The number of benzene rings is 1. The summed E-state index contributed by atoms with van der Waals surface area (Å²) in [7, 11) is -2.39. The number of hydrogen-bond donors (Lipinski definition) is 3. The Morgan fingerprint density at radius 3 is 2.64 bits per heavy atom. The van der Waals surface area contributed by atoms with Crippen LogP contribution in [0, 0.1) is 11.2 Å². The fourth-order valence-corrected chi connectivity index (χ4v) is 7.36. The van der Waals surface area contributed by atoms with E-state index in [1.807, 2.05) is 4.90 Å². The maximum absolute atomic E-state index is 15.0. The molecular weight excluding hydrogens is 453 g/mol. The van der Waals surface area contributed by atoms with E-state index in [4.69, 9.17) is 9.15 Å². The summed E-state index contributed by atoms with van der Waals surface area (Å²) in [5.74, 6) is 0.247. The Kier molecular flexibility index (Phi) is 5.50. The maximum atomic E-state index is 15.0. The van der Waals surface area contributed by atoms with Crippen LogP contribution in [0.3, 0.4) is 0 Å². The predicted octanol–water partition coefficient (Wildman–Crippen LogP) is 3.52. The van der Waals surface area contributed by atoms with E-state index in [1.165, 1.54) is 23.3 Å². The third-order valence-corrected chi connectivity index (χ3v) is 8.74. The molecule has 3 saturated heterocycles. The van der Waals surface area contributed by atoms with Crippen LogP contribution in [0.15, 0.2) is 41.0 Å². The second kappa shape index (κ2) is 8.23. The van der Waals surface area contributed by atoms with E-state index >= 15 is 0 Å². The van der Waals surface area contributed by atoms with Crippen LogP contribution in [0.2, 0.25) is 0 Å². The summed E-state index contributed by atoms with van der Waals surface area (Å²) in [6, 6.07) is 7.82. The van der Waals surface area contributed by atoms with E-state index in [2.05, 4.69) is 5.32 Å². The highest BCUT2D eigenvalue weighted by Crippen LogP contribution is 2.62. The minimum atomic E-state index is -2.39. The van der Waals surface area contributed by atoms with Crippen molar-refractivity contribution < 1.29 is 32.2 Å². The highest BCUT2D eigenvalue weighted by molar-refractivity contribution is 8.25. The summed E-state index contributed by atoms with van der Waals surface area (Å²) < 4.78 is 44.8. The monoisotopic (exact) mass is 479 g/mol. The first-order chi connectivity index (χ1) is 15.7. The molecule has 3 fully saturated rings. The molecule has 1 spiro atoms. The molecule has 3 aliphatic rings. The summed E-state index contributed by atoms with van der Waals surface area (Å²) in [5, 5.41) is 2.66. The number of ether oxygens (including phenoxy) is 1. The summed E-state index contributed by atoms with van der Waals surface area (Å²) >= 11 is 0. The Morgan fingerprint density at radius 1 is 1.24 bits per heavy atom. The van der Waals surface area contributed by atoms with Crippen molar-refractivity contribution >= 4 is 34.0 Å². The van der Waals surface area contributed by atoms with Gasteiger partial charge in [-0.25, -0.2) is 9.18 Å². The fraction of sp³-hybridized carbons (Fsp3) is 0.455. The van der Waals surface area contributed by atoms with Crippen LogP contribution < -0.4 is 15.1 Å². The fourth-order valence-electron chi connectivity index (χ4n) is 4.91. The van der Waals surface area contributed by atoms with E-state index in [-0.39, 0.29) is 24.3 Å². The van der Waals surface area contributed by atoms with Crippen molar-refractivity contribution in [1.29, 1.82) is 0 Å². The molecule has 0 saturated carbocycles. The van der Waals surface area contributed by atoms with Crippen molar-refractivity contribution in [2.24, 2.45) is 5.41 Å². The number of nitrogens with zero attached hydrogens (tertiary/aromatic N) is 2. The van der Waals surface area contributed by atoms with Crippen molar-refractivity contribution in [3.05, 3.63) is 48.2 Å². The van der Waals surface area contributed by atoms with Gasteiger partial charge in [-0.2, -0.15) is 10.6 Å². The average molecular weight is 480 g/mol. The third kappa shape index (κ3) is 4.40. The number of hydrogen-bond acceptors (Lipinski definition) is 7. The molecule has 1 atom stereocenters. The molecule has 3 aliphatic heterocycles. The Hall–Kier alpha value is -2.76. The highest BCUT2D eigenvalue weighted by Gasteiger charge is 2.49. The molecule has 2 aromatic rings. The van der Waals surface area contributed by atoms with Gasteiger partial charge in [-0.15, -0.1) is 0 Å². The van der Waals surface area contributed by atoms with Crippen LogP contribution in [0.5, 0.6) is 0 Å². The van der Waals surface area contributed by atoms with Crippen molar-refractivity contribution in [3.63, 3.8) is 0 Å². The van der Waals surface area contributed by atoms with Gasteiger partial charge >= 0.3 is 6.09 Å². The van der Waals surface area contributed by atoms with Crippen LogP contribution in [-0.2, 0) is 4.74 Å². The molecule has 1 aromatic heterocycles. The first kappa shape index (κ1) is 22.1. The smallest absolute Gasteiger partial charge is 0.414 e. The van der Waals surface area contributed by atoms with Gasteiger partial charge in [-0.1, -0.05) is 0 Å². The molecule has 0 bridgehead atoms. The van der Waals surface area contributed by atoms with Crippen molar-refractivity contribution in [2.45, 2.75) is 18.9 Å². The molecule has 0 aliphatic carbocycles. The number of halogens is 1. The molecule has 3 N–H and O–H groups in total. The van der Waals surface area contributed by atoms with Gasteiger partial charge in [0.25, 0.3) is 5.91 Å². The number of carbonyl (C=O) groups is 2. The SMILES string of the molecule is O=C(NCC1CN(c2ccc(N3CCC4(CC3)CS(O)(O)C4)c(F)c2)C(=O)O1)c1ccco1. The second-order valence-corrected chi connectivity index (χ2v) is 11.2. The van der Waals surface area contributed by atoms with Gasteiger partial charge in [0, 0.05) is 30.0 Å². The van der Waals surface area contributed by atoms with Crippen molar-refractivity contribution in [1.82, 2.24) is 5.32 Å². The molecule has 33 heavy (non-hydrogen) atoms. The lowest BCUT2D eigenvalue weighted by molar-refractivity contribution is 0.0889. The molecule has 5 rings (SSSR count). The van der Waals surface area contributed by atoms with Gasteiger partial charge in [0.1, 0.15) is 11.9 Å². The lowest BCUT2D eigenvalue weighted by Gasteiger charge is -2.58. The van der Waals surface area contributed by atoms with Gasteiger partial charge in [-0.05, 0) is 43.2 Å². The number of furan rings is 1. The quantitative estimate of drug-likeness (QED) is 0.601. The Morgan fingerprint density at radius 2 is 2.00 bits per heavy atom. The normalized spacial score (nSPS) is 24.3. The van der Waals surface area contributed by atoms with Crippen LogP contribution in [0.25, 0.3) is 0 Å². The molecule has 178 valence electrons. The second-order valence-electron chi connectivity index (χ2n) is 9.02. The zero-order chi connectivity index (χ0) is 23.2. The average Bonchev–Trinajstić information content (AvgIpc) is 3.41. The first-order valence-electron chi connectivity index (χ1n) is 10.8. The van der Waals surface area contributed by atoms with Gasteiger partial charge in [0.05, 0.1) is 30.7 Å². The molecule has 11 heteroatoms. The lowest BCUT2D eigenvalue weighted by atomic mass is 9.81. The minimum absolute atomic E-state index is 0.0214. The molecule has 1 aromatic carbocycles. The first-order valence-corrected chi connectivity index (χ1v) is 12.7. The number of carbonyl (C=O) groups excluding carboxylic acids is 2. The summed E-state index contributed by atoms with van der Waals surface area (Å²) in [5.41, 5.74) is 0.837. The van der Waals surface area contributed by atoms with Gasteiger partial charge in [0.15, 0.2) is 5.76 Å². The topological polar surface area (TPSA) is 115 Å². The Labute approximate surface area is 191 Å². The highest BCUT2D eigenvalue weighted by atomic mass is 32.3. The summed E-state index contributed by atoms with van der Waals surface area (Å²) in [6.07, 6.45) is 1.84. The van der Waals surface area contributed by atoms with Crippen LogP contribution in [0.1, 0.15) is 23.4 Å². The number of amides is 2. The van der Waals surface area contributed by atoms with Crippen molar-refractivity contribution in [3.8, 4) is 0 Å². The van der Waals surface area contributed by atoms with Crippen LogP contribution in [0.4, 0.5) is 20.6 Å². The lowest BCUT2D eigenvalue weighted by Crippen LogP contribution is -2.52. The summed E-state index contributed by atoms with van der Waals surface area (Å²) in [6.45, 7) is 1.60. The standard InChI is InChI=1S/C22H26FN3O6S/c23-17-10-15(3-4-18(17)25-7-5-22(6-8-25)13-33(29,30)14-22)26-12-16(32-21(26)28)11-24-20(27)19-2-1-9-31-19/h1-4,9-10,16,29-30H,5-8,11-14H2,(H,24,27). The molecule has 4 heterocycles. The van der Waals surface area contributed by atoms with E-state index in [1.54, 1.807) is 18.2 Å². The van der Waals surface area contributed by atoms with Gasteiger partial charge in [-0.3, -0.25) is 18.8 Å². The number of piperidine rings is 1. The zero-order valence-corrected chi connectivity index (χ0v) is 18.7. The van der Waals surface area contributed by atoms with Gasteiger partial charge in [0.2, 0.25) is 0 Å². The van der Waals surface area contributed by atoms with Crippen LogP contribution in [-0.4, -0.2) is 64.9 Å². The van der Waals surface area contributed by atoms with E-state index in [9.17, 15) is 23.1 Å². The van der Waals surface area contributed by atoms with Crippen molar-refractivity contribution in [2.75, 3.05) is 47.5 Å². The minimum Gasteiger partial charge on any atom is -0.459 e. The maximum Gasteiger partial charge on any atom is 0.414 e. The molecule has 0 radical (unpaired) electrons. The third-order valence-electron chi connectivity index (χ3n) is 6.59. The van der Waals surface area contributed by atoms with E-state index in [0.717, 1.165) is 12.8 Å². The van der Waals surface area contributed by atoms with Crippen LogP contribution >= 0.6 is 10.6 Å². The molecule has 9 nitrogen and oxygen atoms in total. The Balaban J connectivity index is 1.18.